The zero-order valence-electron chi connectivity index (χ0n) is 8.64. The molecule has 1 aromatic heterocycles. The van der Waals surface area contributed by atoms with Gasteiger partial charge in [-0.3, -0.25) is 4.68 Å². The molecule has 0 fully saturated rings. The van der Waals surface area contributed by atoms with Crippen LogP contribution < -0.4 is 0 Å². The van der Waals surface area contributed by atoms with E-state index in [2.05, 4.69) is 5.10 Å². The standard InChI is InChI=1S/C9H12F4N2/c1-9(2,3)15-6(8(12)13)4-5(14-15)7(10)11/h4,7-8H,1-3H3. The molecule has 0 amide bonds. The molecule has 0 aliphatic carbocycles. The van der Waals surface area contributed by atoms with Crippen LogP contribution in [-0.4, -0.2) is 9.78 Å². The molecular formula is C9H12F4N2. The maximum Gasteiger partial charge on any atom is 0.282 e. The molecule has 0 bridgehead atoms. The molecule has 0 N–H and O–H groups in total. The van der Waals surface area contributed by atoms with E-state index in [1.165, 1.54) is 0 Å². The molecule has 2 nitrogen and oxygen atoms in total. The number of hydrogen-bond donors (Lipinski definition) is 0. The van der Waals surface area contributed by atoms with Crippen LogP contribution in [-0.2, 0) is 5.54 Å². The van der Waals surface area contributed by atoms with Gasteiger partial charge in [-0.2, -0.15) is 5.10 Å². The molecule has 0 aromatic carbocycles. The fraction of sp³-hybridized carbons (Fsp3) is 0.667. The molecule has 1 rings (SSSR count). The molecule has 1 heterocycles. The number of halogens is 4. The Morgan fingerprint density at radius 2 is 1.67 bits per heavy atom. The van der Waals surface area contributed by atoms with Gasteiger partial charge in [0.25, 0.3) is 12.9 Å². The molecule has 0 aliphatic heterocycles. The minimum atomic E-state index is -2.83. The third-order valence-electron chi connectivity index (χ3n) is 1.84. The van der Waals surface area contributed by atoms with Crippen LogP contribution in [0.4, 0.5) is 17.6 Å². The van der Waals surface area contributed by atoms with Crippen LogP contribution in [0.3, 0.4) is 0 Å². The zero-order valence-corrected chi connectivity index (χ0v) is 8.64. The van der Waals surface area contributed by atoms with Crippen LogP contribution in [0.1, 0.15) is 45.0 Å². The molecule has 0 atom stereocenters. The Kier molecular flexibility index (Phi) is 3.06. The lowest BCUT2D eigenvalue weighted by molar-refractivity contribution is 0.129. The Balaban J connectivity index is 3.24. The summed E-state index contributed by atoms with van der Waals surface area (Å²) >= 11 is 0. The summed E-state index contributed by atoms with van der Waals surface area (Å²) in [6, 6.07) is 0.751. The zero-order chi connectivity index (χ0) is 11.8. The summed E-state index contributed by atoms with van der Waals surface area (Å²) in [6.07, 6.45) is -5.63. The van der Waals surface area contributed by atoms with Gasteiger partial charge in [-0.25, -0.2) is 17.6 Å². The normalized spacial score (nSPS) is 12.9. The summed E-state index contributed by atoms with van der Waals surface area (Å²) in [5.41, 5.74) is -1.82. The van der Waals surface area contributed by atoms with Crippen molar-refractivity contribution in [2.75, 3.05) is 0 Å². The van der Waals surface area contributed by atoms with Gasteiger partial charge in [-0.05, 0) is 26.8 Å². The van der Waals surface area contributed by atoms with Crippen molar-refractivity contribution in [2.45, 2.75) is 39.2 Å². The van der Waals surface area contributed by atoms with E-state index < -0.39 is 29.8 Å². The predicted octanol–water partition coefficient (Wildman–Crippen LogP) is 3.51. The lowest BCUT2D eigenvalue weighted by atomic mass is 10.1. The summed E-state index contributed by atoms with van der Waals surface area (Å²) in [5, 5.41) is 3.49. The van der Waals surface area contributed by atoms with Crippen LogP contribution >= 0.6 is 0 Å². The molecule has 6 heteroatoms. The van der Waals surface area contributed by atoms with Gasteiger partial charge >= 0.3 is 0 Å². The van der Waals surface area contributed by atoms with Crippen molar-refractivity contribution in [1.82, 2.24) is 9.78 Å². The van der Waals surface area contributed by atoms with Crippen LogP contribution in [0.5, 0.6) is 0 Å². The van der Waals surface area contributed by atoms with Crippen molar-refractivity contribution in [3.63, 3.8) is 0 Å². The highest BCUT2D eigenvalue weighted by Gasteiger charge is 2.26. The van der Waals surface area contributed by atoms with E-state index in [0.29, 0.717) is 0 Å². The fourth-order valence-electron chi connectivity index (χ4n) is 1.21. The molecule has 0 spiro atoms. The van der Waals surface area contributed by atoms with E-state index in [1.807, 2.05) is 0 Å². The van der Waals surface area contributed by atoms with E-state index in [-0.39, 0.29) is 0 Å². The lowest BCUT2D eigenvalue weighted by Crippen LogP contribution is -2.25. The van der Waals surface area contributed by atoms with Gasteiger partial charge in [0, 0.05) is 0 Å². The second-order valence-electron chi connectivity index (χ2n) is 4.18. The van der Waals surface area contributed by atoms with Crippen LogP contribution in [0.25, 0.3) is 0 Å². The largest absolute Gasteiger partial charge is 0.282 e. The van der Waals surface area contributed by atoms with E-state index in [4.69, 9.17) is 0 Å². The van der Waals surface area contributed by atoms with Gasteiger partial charge < -0.3 is 0 Å². The molecule has 0 saturated heterocycles. The smallest absolute Gasteiger partial charge is 0.258 e. The van der Waals surface area contributed by atoms with Gasteiger partial charge in [0.2, 0.25) is 0 Å². The summed E-state index contributed by atoms with van der Waals surface area (Å²) < 4.78 is 50.6. The molecule has 1 aromatic rings. The van der Waals surface area contributed by atoms with Crippen molar-refractivity contribution >= 4 is 0 Å². The molecule has 0 saturated carbocycles. The molecule has 0 radical (unpaired) electrons. The summed E-state index contributed by atoms with van der Waals surface area (Å²) in [6.45, 7) is 4.88. The van der Waals surface area contributed by atoms with Gasteiger partial charge in [0.05, 0.1) is 5.54 Å². The van der Waals surface area contributed by atoms with Gasteiger partial charge in [0.1, 0.15) is 11.4 Å². The van der Waals surface area contributed by atoms with Crippen molar-refractivity contribution in [1.29, 1.82) is 0 Å². The van der Waals surface area contributed by atoms with Crippen molar-refractivity contribution in [3.05, 3.63) is 17.5 Å². The second kappa shape index (κ2) is 3.83. The average Bonchev–Trinajstić information content (AvgIpc) is 2.45. The summed E-state index contributed by atoms with van der Waals surface area (Å²) in [5.74, 6) is 0. The number of nitrogens with zero attached hydrogens (tertiary/aromatic N) is 2. The number of rotatable bonds is 2. The Morgan fingerprint density at radius 3 is 1.93 bits per heavy atom. The highest BCUT2D eigenvalue weighted by Crippen LogP contribution is 2.28. The Morgan fingerprint density at radius 1 is 1.13 bits per heavy atom. The average molecular weight is 224 g/mol. The summed E-state index contributed by atoms with van der Waals surface area (Å²) in [7, 11) is 0. The molecular weight excluding hydrogens is 212 g/mol. The topological polar surface area (TPSA) is 17.8 Å². The first kappa shape index (κ1) is 12.0. The maximum atomic E-state index is 12.5. The van der Waals surface area contributed by atoms with E-state index in [0.717, 1.165) is 10.7 Å². The number of alkyl halides is 4. The van der Waals surface area contributed by atoms with Crippen molar-refractivity contribution in [2.24, 2.45) is 0 Å². The first-order valence-corrected chi connectivity index (χ1v) is 4.40. The highest BCUT2D eigenvalue weighted by molar-refractivity contribution is 5.14. The SMILES string of the molecule is CC(C)(C)n1nc(C(F)F)cc1C(F)F. The van der Waals surface area contributed by atoms with E-state index in [1.54, 1.807) is 20.8 Å². The first-order chi connectivity index (χ1) is 6.73. The monoisotopic (exact) mass is 224 g/mol. The van der Waals surface area contributed by atoms with Gasteiger partial charge in [-0.15, -0.1) is 0 Å². The fourth-order valence-corrected chi connectivity index (χ4v) is 1.21. The van der Waals surface area contributed by atoms with E-state index in [9.17, 15) is 17.6 Å². The Hall–Kier alpha value is -1.07. The first-order valence-electron chi connectivity index (χ1n) is 4.40. The minimum Gasteiger partial charge on any atom is -0.258 e. The van der Waals surface area contributed by atoms with Crippen molar-refractivity contribution < 1.29 is 17.6 Å². The highest BCUT2D eigenvalue weighted by atomic mass is 19.3. The molecule has 86 valence electrons. The molecule has 0 unspecified atom stereocenters. The number of hydrogen-bond acceptors (Lipinski definition) is 1. The molecule has 15 heavy (non-hydrogen) atoms. The quantitative estimate of drug-likeness (QED) is 0.703. The van der Waals surface area contributed by atoms with Crippen LogP contribution in [0.15, 0.2) is 6.07 Å². The lowest BCUT2D eigenvalue weighted by Gasteiger charge is -2.22. The van der Waals surface area contributed by atoms with E-state index >= 15 is 0 Å². The van der Waals surface area contributed by atoms with Crippen LogP contribution in [0.2, 0.25) is 0 Å². The third-order valence-corrected chi connectivity index (χ3v) is 1.84. The van der Waals surface area contributed by atoms with Crippen LogP contribution in [0, 0.1) is 0 Å². The second-order valence-corrected chi connectivity index (χ2v) is 4.18. The maximum absolute atomic E-state index is 12.5. The minimum absolute atomic E-state index is 0.474. The van der Waals surface area contributed by atoms with Crippen molar-refractivity contribution in [3.8, 4) is 0 Å². The van der Waals surface area contributed by atoms with Gasteiger partial charge in [0.15, 0.2) is 0 Å². The third kappa shape index (κ3) is 2.49. The number of aromatic nitrogens is 2. The predicted molar refractivity (Wildman–Crippen MR) is 47.1 cm³/mol. The Labute approximate surface area is 84.9 Å². The van der Waals surface area contributed by atoms with Gasteiger partial charge in [-0.1, -0.05) is 0 Å². The molecule has 0 aliphatic rings. The summed E-state index contributed by atoms with van der Waals surface area (Å²) in [4.78, 5) is 0. The Bertz CT molecular complexity index is 338.